The van der Waals surface area contributed by atoms with Crippen molar-refractivity contribution in [3.63, 3.8) is 0 Å². The number of rotatable bonds is 3. The molecule has 0 aliphatic carbocycles. The van der Waals surface area contributed by atoms with E-state index >= 15 is 0 Å². The third-order valence-corrected chi connectivity index (χ3v) is 2.77. The van der Waals surface area contributed by atoms with Crippen LogP contribution in [0.15, 0.2) is 36.7 Å². The zero-order valence-corrected chi connectivity index (χ0v) is 9.59. The fourth-order valence-corrected chi connectivity index (χ4v) is 1.84. The van der Waals surface area contributed by atoms with Gasteiger partial charge in [0, 0.05) is 18.0 Å². The molecule has 16 heavy (non-hydrogen) atoms. The van der Waals surface area contributed by atoms with Gasteiger partial charge in [-0.2, -0.15) is 0 Å². The molecule has 0 aliphatic heterocycles. The first-order valence-corrected chi connectivity index (χ1v) is 5.51. The molecule has 0 fully saturated rings. The minimum absolute atomic E-state index is 0.419. The van der Waals surface area contributed by atoms with Crippen LogP contribution in [0, 0.1) is 6.92 Å². The molecule has 3 nitrogen and oxygen atoms in total. The van der Waals surface area contributed by atoms with Crippen molar-refractivity contribution in [2.45, 2.75) is 26.4 Å². The molecule has 1 aromatic heterocycles. The smallest absolute Gasteiger partial charge is 0.110 e. The van der Waals surface area contributed by atoms with Crippen molar-refractivity contribution < 1.29 is 5.11 Å². The first kappa shape index (κ1) is 10.9. The van der Waals surface area contributed by atoms with Gasteiger partial charge in [0.25, 0.3) is 0 Å². The van der Waals surface area contributed by atoms with Crippen LogP contribution >= 0.6 is 0 Å². The minimum Gasteiger partial charge on any atom is -0.388 e. The van der Waals surface area contributed by atoms with E-state index in [0.29, 0.717) is 6.42 Å². The van der Waals surface area contributed by atoms with Crippen LogP contribution < -0.4 is 0 Å². The Kier molecular flexibility index (Phi) is 3.06. The second-order valence-electron chi connectivity index (χ2n) is 3.83. The van der Waals surface area contributed by atoms with E-state index in [1.807, 2.05) is 48.9 Å². The van der Waals surface area contributed by atoms with E-state index in [2.05, 4.69) is 4.98 Å². The number of hydrogen-bond acceptors (Lipinski definition) is 2. The van der Waals surface area contributed by atoms with Gasteiger partial charge < -0.3 is 9.67 Å². The van der Waals surface area contributed by atoms with Crippen LogP contribution in [-0.4, -0.2) is 14.7 Å². The molecule has 0 amide bonds. The summed E-state index contributed by atoms with van der Waals surface area (Å²) in [5, 5.41) is 9.97. The molecule has 2 aromatic rings. The summed E-state index contributed by atoms with van der Waals surface area (Å²) in [6.07, 6.45) is 3.98. The molecule has 1 N–H and O–H groups in total. The summed E-state index contributed by atoms with van der Waals surface area (Å²) in [7, 11) is 0. The molecule has 0 radical (unpaired) electrons. The van der Waals surface area contributed by atoms with Crippen LogP contribution in [0.1, 0.15) is 30.8 Å². The van der Waals surface area contributed by atoms with E-state index in [9.17, 15) is 5.11 Å². The number of benzene rings is 1. The van der Waals surface area contributed by atoms with Crippen molar-refractivity contribution in [2.75, 3.05) is 0 Å². The molecule has 0 spiro atoms. The van der Waals surface area contributed by atoms with Crippen molar-refractivity contribution in [3.05, 3.63) is 48.0 Å². The standard InChI is InChI=1S/C13H16N2O/c1-3-13(16)11-6-4-5-7-12(11)15-9-8-14-10(15)2/h4-9,13,16H,3H2,1-2H3. The van der Waals surface area contributed by atoms with Crippen LogP contribution in [0.3, 0.4) is 0 Å². The Balaban J connectivity index is 2.53. The Morgan fingerprint density at radius 1 is 1.38 bits per heavy atom. The Hall–Kier alpha value is -1.61. The van der Waals surface area contributed by atoms with Gasteiger partial charge in [-0.25, -0.2) is 4.98 Å². The number of aromatic nitrogens is 2. The van der Waals surface area contributed by atoms with Gasteiger partial charge in [0.15, 0.2) is 0 Å². The number of hydrogen-bond donors (Lipinski definition) is 1. The lowest BCUT2D eigenvalue weighted by molar-refractivity contribution is 0.173. The lowest BCUT2D eigenvalue weighted by atomic mass is 10.1. The Morgan fingerprint density at radius 2 is 2.12 bits per heavy atom. The molecule has 84 valence electrons. The normalized spacial score (nSPS) is 12.7. The average molecular weight is 216 g/mol. The summed E-state index contributed by atoms with van der Waals surface area (Å²) in [4.78, 5) is 4.20. The monoisotopic (exact) mass is 216 g/mol. The molecule has 0 saturated heterocycles. The average Bonchev–Trinajstić information content (AvgIpc) is 2.74. The van der Waals surface area contributed by atoms with E-state index in [1.54, 1.807) is 6.20 Å². The second kappa shape index (κ2) is 4.49. The SMILES string of the molecule is CCC(O)c1ccccc1-n1ccnc1C. The van der Waals surface area contributed by atoms with Crippen molar-refractivity contribution in [1.29, 1.82) is 0 Å². The summed E-state index contributed by atoms with van der Waals surface area (Å²) < 4.78 is 1.99. The number of aryl methyl sites for hydroxylation is 1. The number of aliphatic hydroxyl groups is 1. The molecule has 3 heteroatoms. The second-order valence-corrected chi connectivity index (χ2v) is 3.83. The molecule has 0 saturated carbocycles. The fourth-order valence-electron chi connectivity index (χ4n) is 1.84. The summed E-state index contributed by atoms with van der Waals surface area (Å²) >= 11 is 0. The predicted molar refractivity (Wildman–Crippen MR) is 63.6 cm³/mol. The van der Waals surface area contributed by atoms with Gasteiger partial charge in [-0.05, 0) is 19.4 Å². The number of nitrogens with zero attached hydrogens (tertiary/aromatic N) is 2. The maximum atomic E-state index is 9.97. The highest BCUT2D eigenvalue weighted by Gasteiger charge is 2.12. The number of para-hydroxylation sites is 1. The number of imidazole rings is 1. The van der Waals surface area contributed by atoms with E-state index in [-0.39, 0.29) is 0 Å². The number of aliphatic hydroxyl groups excluding tert-OH is 1. The van der Waals surface area contributed by atoms with Crippen molar-refractivity contribution in [2.24, 2.45) is 0 Å². The molecule has 0 bridgehead atoms. The largest absolute Gasteiger partial charge is 0.388 e. The molecule has 1 atom stereocenters. The summed E-state index contributed by atoms with van der Waals surface area (Å²) in [5.74, 6) is 0.927. The third-order valence-electron chi connectivity index (χ3n) is 2.77. The van der Waals surface area contributed by atoms with Crippen LogP contribution in [0.25, 0.3) is 5.69 Å². The maximum absolute atomic E-state index is 9.97. The van der Waals surface area contributed by atoms with Gasteiger partial charge in [-0.15, -0.1) is 0 Å². The van der Waals surface area contributed by atoms with Gasteiger partial charge in [0.1, 0.15) is 5.82 Å². The molecule has 0 aliphatic rings. The molecule has 1 heterocycles. The zero-order chi connectivity index (χ0) is 11.5. The molecule has 1 unspecified atom stereocenters. The molecular weight excluding hydrogens is 200 g/mol. The summed E-state index contributed by atoms with van der Waals surface area (Å²) in [5.41, 5.74) is 1.96. The Labute approximate surface area is 95.4 Å². The molecule has 1 aromatic carbocycles. The van der Waals surface area contributed by atoms with Gasteiger partial charge in [0.2, 0.25) is 0 Å². The first-order valence-electron chi connectivity index (χ1n) is 5.51. The van der Waals surface area contributed by atoms with Crippen molar-refractivity contribution in [1.82, 2.24) is 9.55 Å². The van der Waals surface area contributed by atoms with Crippen LogP contribution in [0.2, 0.25) is 0 Å². The lowest BCUT2D eigenvalue weighted by Gasteiger charge is -2.15. The van der Waals surface area contributed by atoms with Gasteiger partial charge >= 0.3 is 0 Å². The highest BCUT2D eigenvalue weighted by atomic mass is 16.3. The van der Waals surface area contributed by atoms with Crippen molar-refractivity contribution in [3.8, 4) is 5.69 Å². The first-order chi connectivity index (χ1) is 7.74. The van der Waals surface area contributed by atoms with Gasteiger partial charge in [0.05, 0.1) is 11.8 Å². The van der Waals surface area contributed by atoms with Crippen LogP contribution in [0.5, 0.6) is 0 Å². The van der Waals surface area contributed by atoms with E-state index in [4.69, 9.17) is 0 Å². The topological polar surface area (TPSA) is 38.0 Å². The van der Waals surface area contributed by atoms with E-state index in [1.165, 1.54) is 0 Å². The van der Waals surface area contributed by atoms with Crippen molar-refractivity contribution >= 4 is 0 Å². The highest BCUT2D eigenvalue weighted by Crippen LogP contribution is 2.24. The zero-order valence-electron chi connectivity index (χ0n) is 9.59. The molecular formula is C13H16N2O. The quantitative estimate of drug-likeness (QED) is 0.856. The van der Waals surface area contributed by atoms with Crippen LogP contribution in [-0.2, 0) is 0 Å². The summed E-state index contributed by atoms with van der Waals surface area (Å²) in [6, 6.07) is 7.89. The summed E-state index contributed by atoms with van der Waals surface area (Å²) in [6.45, 7) is 3.93. The predicted octanol–water partition coefficient (Wildman–Crippen LogP) is 2.62. The van der Waals surface area contributed by atoms with E-state index in [0.717, 1.165) is 17.1 Å². The minimum atomic E-state index is -0.419. The Morgan fingerprint density at radius 3 is 2.75 bits per heavy atom. The third kappa shape index (κ3) is 1.86. The maximum Gasteiger partial charge on any atom is 0.110 e. The van der Waals surface area contributed by atoms with E-state index < -0.39 is 6.10 Å². The molecule has 2 rings (SSSR count). The van der Waals surface area contributed by atoms with Crippen LogP contribution in [0.4, 0.5) is 0 Å². The fraction of sp³-hybridized carbons (Fsp3) is 0.308. The lowest BCUT2D eigenvalue weighted by Crippen LogP contribution is -2.04. The Bertz CT molecular complexity index is 476. The highest BCUT2D eigenvalue weighted by molar-refractivity contribution is 5.43. The van der Waals surface area contributed by atoms with Gasteiger partial charge in [-0.1, -0.05) is 25.1 Å². The van der Waals surface area contributed by atoms with Gasteiger partial charge in [-0.3, -0.25) is 0 Å².